The van der Waals surface area contributed by atoms with Crippen LogP contribution in [0, 0.1) is 0 Å². The van der Waals surface area contributed by atoms with Gasteiger partial charge in [0.2, 0.25) is 5.91 Å². The lowest BCUT2D eigenvalue weighted by Crippen LogP contribution is -2.30. The molecule has 4 nitrogen and oxygen atoms in total. The molecular formula is C26H23N3O. The molecule has 0 saturated carbocycles. The monoisotopic (exact) mass is 393 g/mol. The molecule has 2 heterocycles. The lowest BCUT2D eigenvalue weighted by atomic mass is 9.91. The molecular weight excluding hydrogens is 370 g/mol. The summed E-state index contributed by atoms with van der Waals surface area (Å²) in [5.74, 6) is 0.106. The van der Waals surface area contributed by atoms with Crippen LogP contribution in [0.4, 0.5) is 0 Å². The number of rotatable bonds is 6. The van der Waals surface area contributed by atoms with Gasteiger partial charge in [-0.15, -0.1) is 0 Å². The van der Waals surface area contributed by atoms with Gasteiger partial charge in [-0.25, -0.2) is 0 Å². The summed E-state index contributed by atoms with van der Waals surface area (Å²) < 4.78 is 0. The zero-order valence-electron chi connectivity index (χ0n) is 16.6. The zero-order chi connectivity index (χ0) is 20.3. The molecule has 0 saturated heterocycles. The van der Waals surface area contributed by atoms with E-state index in [0.717, 1.165) is 22.0 Å². The van der Waals surface area contributed by atoms with Crippen LogP contribution in [0.5, 0.6) is 0 Å². The topological polar surface area (TPSA) is 60.7 Å². The van der Waals surface area contributed by atoms with Crippen molar-refractivity contribution in [3.8, 4) is 0 Å². The fraction of sp³-hybridized carbons (Fsp3) is 0.115. The second-order valence-electron chi connectivity index (χ2n) is 7.59. The van der Waals surface area contributed by atoms with Crippen molar-refractivity contribution >= 4 is 27.7 Å². The van der Waals surface area contributed by atoms with E-state index in [1.165, 1.54) is 16.5 Å². The van der Waals surface area contributed by atoms with Crippen molar-refractivity contribution < 1.29 is 4.79 Å². The van der Waals surface area contributed by atoms with Crippen molar-refractivity contribution in [1.82, 2.24) is 15.3 Å². The third-order valence-electron chi connectivity index (χ3n) is 5.73. The van der Waals surface area contributed by atoms with Crippen LogP contribution in [-0.2, 0) is 11.2 Å². The number of fused-ring (bicyclic) bond motifs is 2. The number of aromatic nitrogens is 2. The summed E-state index contributed by atoms with van der Waals surface area (Å²) in [5.41, 5.74) is 5.57. The van der Waals surface area contributed by atoms with Crippen LogP contribution in [0.1, 0.15) is 22.6 Å². The Morgan fingerprint density at radius 1 is 0.767 bits per heavy atom. The SMILES string of the molecule is O=C(Cc1c[nH]c2ccccc12)NC[C@H](c1ccccc1)c1c[nH]c2ccccc12. The van der Waals surface area contributed by atoms with E-state index in [-0.39, 0.29) is 11.8 Å². The predicted octanol–water partition coefficient (Wildman–Crippen LogP) is 5.14. The second kappa shape index (κ2) is 7.91. The molecule has 0 aliphatic heterocycles. The molecule has 0 radical (unpaired) electrons. The van der Waals surface area contributed by atoms with E-state index in [2.05, 4.69) is 51.8 Å². The van der Waals surface area contributed by atoms with Crippen LogP contribution < -0.4 is 5.32 Å². The largest absolute Gasteiger partial charge is 0.361 e. The molecule has 30 heavy (non-hydrogen) atoms. The van der Waals surface area contributed by atoms with Gasteiger partial charge in [-0.05, 0) is 28.8 Å². The summed E-state index contributed by atoms with van der Waals surface area (Å²) in [6.07, 6.45) is 4.35. The number of aromatic amines is 2. The van der Waals surface area contributed by atoms with Gasteiger partial charge in [0.15, 0.2) is 0 Å². The number of H-pyrrole nitrogens is 2. The van der Waals surface area contributed by atoms with Gasteiger partial charge < -0.3 is 15.3 Å². The van der Waals surface area contributed by atoms with Gasteiger partial charge in [-0.3, -0.25) is 4.79 Å². The third-order valence-corrected chi connectivity index (χ3v) is 5.73. The molecule has 1 atom stereocenters. The van der Waals surface area contributed by atoms with Crippen molar-refractivity contribution in [2.45, 2.75) is 12.3 Å². The molecule has 0 unspecified atom stereocenters. The molecule has 5 rings (SSSR count). The van der Waals surface area contributed by atoms with Gasteiger partial charge in [0, 0.05) is 46.7 Å². The molecule has 148 valence electrons. The fourth-order valence-electron chi connectivity index (χ4n) is 4.20. The minimum Gasteiger partial charge on any atom is -0.361 e. The third kappa shape index (κ3) is 3.48. The molecule has 0 aliphatic carbocycles. The van der Waals surface area contributed by atoms with Crippen LogP contribution in [-0.4, -0.2) is 22.4 Å². The highest BCUT2D eigenvalue weighted by Crippen LogP contribution is 2.30. The maximum absolute atomic E-state index is 12.8. The van der Waals surface area contributed by atoms with Crippen molar-refractivity contribution in [2.24, 2.45) is 0 Å². The molecule has 4 heteroatoms. The minimum absolute atomic E-state index is 0.0283. The Morgan fingerprint density at radius 3 is 2.20 bits per heavy atom. The maximum Gasteiger partial charge on any atom is 0.224 e. The smallest absolute Gasteiger partial charge is 0.224 e. The second-order valence-corrected chi connectivity index (χ2v) is 7.59. The molecule has 0 fully saturated rings. The lowest BCUT2D eigenvalue weighted by molar-refractivity contribution is -0.120. The van der Waals surface area contributed by atoms with Gasteiger partial charge >= 0.3 is 0 Å². The summed E-state index contributed by atoms with van der Waals surface area (Å²) >= 11 is 0. The van der Waals surface area contributed by atoms with Gasteiger partial charge in [-0.1, -0.05) is 66.7 Å². The molecule has 3 N–H and O–H groups in total. The summed E-state index contributed by atoms with van der Waals surface area (Å²) in [6.45, 7) is 0.549. The first kappa shape index (κ1) is 18.3. The highest BCUT2D eigenvalue weighted by atomic mass is 16.1. The van der Waals surface area contributed by atoms with Crippen LogP contribution in [0.25, 0.3) is 21.8 Å². The van der Waals surface area contributed by atoms with Crippen LogP contribution in [0.15, 0.2) is 91.3 Å². The Morgan fingerprint density at radius 2 is 1.40 bits per heavy atom. The van der Waals surface area contributed by atoms with Crippen molar-refractivity contribution in [3.63, 3.8) is 0 Å². The number of hydrogen-bond acceptors (Lipinski definition) is 1. The molecule has 0 aliphatic rings. The number of para-hydroxylation sites is 2. The molecule has 5 aromatic rings. The highest BCUT2D eigenvalue weighted by Gasteiger charge is 2.19. The quantitative estimate of drug-likeness (QED) is 0.367. The van der Waals surface area contributed by atoms with E-state index in [1.807, 2.05) is 54.7 Å². The first-order valence-corrected chi connectivity index (χ1v) is 10.2. The van der Waals surface area contributed by atoms with E-state index < -0.39 is 0 Å². The van der Waals surface area contributed by atoms with Crippen LogP contribution in [0.2, 0.25) is 0 Å². The Bertz CT molecular complexity index is 1300. The van der Waals surface area contributed by atoms with Gasteiger partial charge in [0.1, 0.15) is 0 Å². The number of carbonyl (C=O) groups is 1. The molecule has 0 bridgehead atoms. The average molecular weight is 393 g/mol. The van der Waals surface area contributed by atoms with E-state index in [4.69, 9.17) is 0 Å². The summed E-state index contributed by atoms with van der Waals surface area (Å²) in [7, 11) is 0. The van der Waals surface area contributed by atoms with E-state index >= 15 is 0 Å². The van der Waals surface area contributed by atoms with E-state index in [9.17, 15) is 4.79 Å². The summed E-state index contributed by atoms with van der Waals surface area (Å²) in [6, 6.07) is 26.7. The number of nitrogens with one attached hydrogen (secondary N) is 3. The standard InChI is InChI=1S/C26H23N3O/c30-26(14-19-15-27-24-12-6-4-10-20(19)24)29-16-22(18-8-2-1-3-9-18)23-17-28-25-13-7-5-11-21(23)25/h1-13,15,17,22,27-28H,14,16H2,(H,29,30)/t22-/m1/s1. The summed E-state index contributed by atoms with van der Waals surface area (Å²) in [4.78, 5) is 19.4. The van der Waals surface area contributed by atoms with Gasteiger partial charge in [0.25, 0.3) is 0 Å². The number of carbonyl (C=O) groups excluding carboxylic acids is 1. The van der Waals surface area contributed by atoms with Crippen molar-refractivity contribution in [1.29, 1.82) is 0 Å². The van der Waals surface area contributed by atoms with Crippen molar-refractivity contribution in [3.05, 3.63) is 108 Å². The predicted molar refractivity (Wildman–Crippen MR) is 122 cm³/mol. The Hall–Kier alpha value is -3.79. The molecule has 0 spiro atoms. The fourth-order valence-corrected chi connectivity index (χ4v) is 4.20. The molecule has 1 amide bonds. The lowest BCUT2D eigenvalue weighted by Gasteiger charge is -2.18. The minimum atomic E-state index is 0.0283. The Balaban J connectivity index is 1.38. The zero-order valence-corrected chi connectivity index (χ0v) is 16.6. The Kier molecular flexibility index (Phi) is 4.81. The first-order chi connectivity index (χ1) is 14.8. The number of amides is 1. The van der Waals surface area contributed by atoms with Gasteiger partial charge in [0.05, 0.1) is 6.42 Å². The maximum atomic E-state index is 12.8. The van der Waals surface area contributed by atoms with E-state index in [1.54, 1.807) is 0 Å². The number of benzene rings is 3. The van der Waals surface area contributed by atoms with Crippen LogP contribution >= 0.6 is 0 Å². The first-order valence-electron chi connectivity index (χ1n) is 10.2. The molecule has 3 aromatic carbocycles. The van der Waals surface area contributed by atoms with E-state index in [0.29, 0.717) is 13.0 Å². The number of hydrogen-bond donors (Lipinski definition) is 3. The Labute approximate surface area is 174 Å². The highest BCUT2D eigenvalue weighted by molar-refractivity contribution is 5.89. The van der Waals surface area contributed by atoms with Crippen LogP contribution in [0.3, 0.4) is 0 Å². The molecule has 2 aromatic heterocycles. The average Bonchev–Trinajstić information content (AvgIpc) is 3.40. The van der Waals surface area contributed by atoms with Gasteiger partial charge in [-0.2, -0.15) is 0 Å². The summed E-state index contributed by atoms with van der Waals surface area (Å²) in [5, 5.41) is 5.46. The normalized spacial score (nSPS) is 12.3. The van der Waals surface area contributed by atoms with Crippen molar-refractivity contribution in [2.75, 3.05) is 6.54 Å².